The highest BCUT2D eigenvalue weighted by Gasteiger charge is 2.29. The topological polar surface area (TPSA) is 67.9 Å². The number of benzene rings is 2. The van der Waals surface area contributed by atoms with E-state index >= 15 is 0 Å². The minimum atomic E-state index is -0.631. The summed E-state index contributed by atoms with van der Waals surface area (Å²) < 4.78 is 10.8. The highest BCUT2D eigenvalue weighted by atomic mass is 35.5. The first-order chi connectivity index (χ1) is 15.4. The van der Waals surface area contributed by atoms with E-state index in [0.29, 0.717) is 34.5 Å². The fraction of sp³-hybridized carbons (Fsp3) is 0.417. The van der Waals surface area contributed by atoms with Crippen molar-refractivity contribution in [1.29, 1.82) is 0 Å². The van der Waals surface area contributed by atoms with Gasteiger partial charge in [-0.15, -0.1) is 0 Å². The van der Waals surface area contributed by atoms with Gasteiger partial charge in [0.25, 0.3) is 5.91 Å². The van der Waals surface area contributed by atoms with Crippen LogP contribution in [0.4, 0.5) is 0 Å². The van der Waals surface area contributed by atoms with Gasteiger partial charge in [-0.1, -0.05) is 49.5 Å². The molecule has 6 nitrogen and oxygen atoms in total. The molecule has 0 aliphatic heterocycles. The summed E-state index contributed by atoms with van der Waals surface area (Å²) in [6.45, 7) is 4.51. The Hall–Kier alpha value is -2.44. The monoisotopic (exact) mass is 480 g/mol. The molecule has 0 aromatic heterocycles. The molecule has 32 heavy (non-hydrogen) atoms. The van der Waals surface area contributed by atoms with Crippen molar-refractivity contribution in [3.05, 3.63) is 58.1 Å². The number of nitrogens with one attached hydrogen (secondary N) is 1. The van der Waals surface area contributed by atoms with Gasteiger partial charge in [-0.05, 0) is 54.8 Å². The maximum absolute atomic E-state index is 13.2. The largest absolute Gasteiger partial charge is 0.497 e. The molecular formula is C24H30Cl2N2O4. The number of amides is 2. The Kier molecular flexibility index (Phi) is 10.6. The minimum absolute atomic E-state index is 0.182. The summed E-state index contributed by atoms with van der Waals surface area (Å²) in [5, 5.41) is 3.75. The molecule has 0 saturated carbocycles. The molecular weight excluding hydrogens is 451 g/mol. The van der Waals surface area contributed by atoms with Gasteiger partial charge in [0.05, 0.1) is 17.2 Å². The van der Waals surface area contributed by atoms with Gasteiger partial charge in [-0.2, -0.15) is 0 Å². The lowest BCUT2D eigenvalue weighted by Crippen LogP contribution is -2.50. The first-order valence-corrected chi connectivity index (χ1v) is 11.4. The van der Waals surface area contributed by atoms with E-state index in [1.807, 2.05) is 6.92 Å². The molecule has 0 bridgehead atoms. The average molecular weight is 481 g/mol. The van der Waals surface area contributed by atoms with Crippen LogP contribution in [0.15, 0.2) is 42.5 Å². The molecule has 8 heteroatoms. The van der Waals surface area contributed by atoms with E-state index in [4.69, 9.17) is 32.7 Å². The van der Waals surface area contributed by atoms with Crippen molar-refractivity contribution in [3.63, 3.8) is 0 Å². The van der Waals surface area contributed by atoms with E-state index in [0.717, 1.165) is 18.4 Å². The Morgan fingerprint density at radius 1 is 1.03 bits per heavy atom. The quantitative estimate of drug-likeness (QED) is 0.428. The number of hydrogen-bond acceptors (Lipinski definition) is 4. The predicted molar refractivity (Wildman–Crippen MR) is 127 cm³/mol. The van der Waals surface area contributed by atoms with Crippen molar-refractivity contribution in [2.75, 3.05) is 20.3 Å². The Labute approximate surface area is 199 Å². The summed E-state index contributed by atoms with van der Waals surface area (Å²) in [5.41, 5.74) is 0.775. The van der Waals surface area contributed by atoms with Crippen LogP contribution in [0.2, 0.25) is 10.0 Å². The molecule has 0 aliphatic carbocycles. The highest BCUT2D eigenvalue weighted by molar-refractivity contribution is 6.42. The van der Waals surface area contributed by atoms with Gasteiger partial charge in [0.15, 0.2) is 6.61 Å². The second-order valence-corrected chi connectivity index (χ2v) is 8.12. The number of carbonyl (C=O) groups excluding carboxylic acids is 2. The number of halogens is 2. The number of hydrogen-bond donors (Lipinski definition) is 1. The van der Waals surface area contributed by atoms with E-state index in [9.17, 15) is 9.59 Å². The van der Waals surface area contributed by atoms with Crippen LogP contribution < -0.4 is 14.8 Å². The molecule has 1 N–H and O–H groups in total. The first-order valence-electron chi connectivity index (χ1n) is 10.7. The van der Waals surface area contributed by atoms with Crippen molar-refractivity contribution in [3.8, 4) is 11.5 Å². The molecule has 0 fully saturated rings. The second-order valence-electron chi connectivity index (χ2n) is 7.30. The van der Waals surface area contributed by atoms with E-state index in [1.54, 1.807) is 49.6 Å². The Bertz CT molecular complexity index is 890. The highest BCUT2D eigenvalue weighted by Crippen LogP contribution is 2.24. The Morgan fingerprint density at radius 3 is 2.31 bits per heavy atom. The van der Waals surface area contributed by atoms with E-state index in [1.165, 1.54) is 4.90 Å². The molecule has 2 amide bonds. The lowest BCUT2D eigenvalue weighted by atomic mass is 10.1. The van der Waals surface area contributed by atoms with Gasteiger partial charge in [-0.3, -0.25) is 9.59 Å². The Balaban J connectivity index is 2.18. The van der Waals surface area contributed by atoms with Crippen LogP contribution in [-0.4, -0.2) is 43.0 Å². The molecule has 0 unspecified atom stereocenters. The van der Waals surface area contributed by atoms with Crippen molar-refractivity contribution in [1.82, 2.24) is 10.2 Å². The summed E-state index contributed by atoms with van der Waals surface area (Å²) in [6.07, 6.45) is 2.32. The molecule has 2 aromatic rings. The van der Waals surface area contributed by atoms with Crippen molar-refractivity contribution >= 4 is 35.0 Å². The zero-order chi connectivity index (χ0) is 23.5. The smallest absolute Gasteiger partial charge is 0.261 e. The summed E-state index contributed by atoms with van der Waals surface area (Å²) in [4.78, 5) is 27.5. The van der Waals surface area contributed by atoms with Gasteiger partial charge in [-0.25, -0.2) is 0 Å². The molecule has 0 radical (unpaired) electrons. The summed E-state index contributed by atoms with van der Waals surface area (Å²) >= 11 is 12.2. The summed E-state index contributed by atoms with van der Waals surface area (Å²) in [7, 11) is 1.58. The maximum atomic E-state index is 13.2. The number of methoxy groups -OCH3 is 1. The summed E-state index contributed by atoms with van der Waals surface area (Å²) in [5.74, 6) is 0.747. The van der Waals surface area contributed by atoms with Gasteiger partial charge >= 0.3 is 0 Å². The van der Waals surface area contributed by atoms with Crippen LogP contribution in [0.1, 0.15) is 38.7 Å². The van der Waals surface area contributed by atoms with Crippen LogP contribution in [-0.2, 0) is 16.1 Å². The van der Waals surface area contributed by atoms with E-state index in [-0.39, 0.29) is 25.0 Å². The lowest BCUT2D eigenvalue weighted by molar-refractivity contribution is -0.143. The SMILES string of the molecule is CCCCNC(=O)[C@@H](CC)N(Cc1ccc(Cl)c(Cl)c1)C(=O)COc1ccc(OC)cc1. The van der Waals surface area contributed by atoms with Crippen LogP contribution in [0.3, 0.4) is 0 Å². The number of ether oxygens (including phenoxy) is 2. The Morgan fingerprint density at radius 2 is 1.72 bits per heavy atom. The average Bonchev–Trinajstić information content (AvgIpc) is 2.80. The van der Waals surface area contributed by atoms with Crippen LogP contribution in [0.5, 0.6) is 11.5 Å². The second kappa shape index (κ2) is 13.2. The van der Waals surface area contributed by atoms with Crippen LogP contribution in [0.25, 0.3) is 0 Å². The fourth-order valence-electron chi connectivity index (χ4n) is 3.16. The third-order valence-electron chi connectivity index (χ3n) is 4.97. The molecule has 0 spiro atoms. The molecule has 0 aliphatic rings. The standard InChI is InChI=1S/C24H30Cl2N2O4/c1-4-6-13-27-24(30)22(5-2)28(15-17-7-12-20(25)21(26)14-17)23(29)16-32-19-10-8-18(31-3)9-11-19/h7-12,14,22H,4-6,13,15-16H2,1-3H3,(H,27,30)/t22-/m1/s1. The molecule has 0 heterocycles. The number of nitrogens with zero attached hydrogens (tertiary/aromatic N) is 1. The maximum Gasteiger partial charge on any atom is 0.261 e. The van der Waals surface area contributed by atoms with E-state index < -0.39 is 6.04 Å². The normalized spacial score (nSPS) is 11.5. The molecule has 0 saturated heterocycles. The predicted octanol–water partition coefficient (Wildman–Crippen LogP) is 5.10. The van der Waals surface area contributed by atoms with Gasteiger partial charge in [0.2, 0.25) is 5.91 Å². The number of carbonyl (C=O) groups is 2. The minimum Gasteiger partial charge on any atom is -0.497 e. The number of unbranched alkanes of at least 4 members (excludes halogenated alkanes) is 1. The molecule has 1 atom stereocenters. The fourth-order valence-corrected chi connectivity index (χ4v) is 3.48. The molecule has 174 valence electrons. The molecule has 2 rings (SSSR count). The van der Waals surface area contributed by atoms with Crippen molar-refractivity contribution < 1.29 is 19.1 Å². The van der Waals surface area contributed by atoms with E-state index in [2.05, 4.69) is 12.2 Å². The zero-order valence-electron chi connectivity index (χ0n) is 18.7. The third kappa shape index (κ3) is 7.61. The molecule has 2 aromatic carbocycles. The van der Waals surface area contributed by atoms with Crippen LogP contribution in [0, 0.1) is 0 Å². The van der Waals surface area contributed by atoms with Gasteiger partial charge in [0.1, 0.15) is 17.5 Å². The van der Waals surface area contributed by atoms with Crippen molar-refractivity contribution in [2.24, 2.45) is 0 Å². The first kappa shape index (κ1) is 25.8. The zero-order valence-corrected chi connectivity index (χ0v) is 20.2. The third-order valence-corrected chi connectivity index (χ3v) is 5.71. The summed E-state index contributed by atoms with van der Waals surface area (Å²) in [6, 6.07) is 11.5. The lowest BCUT2D eigenvalue weighted by Gasteiger charge is -2.30. The van der Waals surface area contributed by atoms with Crippen molar-refractivity contribution in [2.45, 2.75) is 45.7 Å². The van der Waals surface area contributed by atoms with Crippen LogP contribution >= 0.6 is 23.2 Å². The number of rotatable bonds is 12. The van der Waals surface area contributed by atoms with Gasteiger partial charge in [0, 0.05) is 13.1 Å². The van der Waals surface area contributed by atoms with Gasteiger partial charge < -0.3 is 19.7 Å².